The van der Waals surface area contributed by atoms with Crippen molar-refractivity contribution >= 4 is 28.8 Å². The molecular formula is C16H25N3OS. The van der Waals surface area contributed by atoms with Gasteiger partial charge in [0.2, 0.25) is 5.91 Å². The summed E-state index contributed by atoms with van der Waals surface area (Å²) in [5.74, 6) is 0.0482. The molecule has 1 aromatic rings. The van der Waals surface area contributed by atoms with Gasteiger partial charge in [-0.1, -0.05) is 32.0 Å². The second-order valence-electron chi connectivity index (χ2n) is 5.20. The minimum atomic E-state index is -0.220. The fourth-order valence-electron chi connectivity index (χ4n) is 1.99. The Hall–Kier alpha value is -1.62. The lowest BCUT2D eigenvalue weighted by Gasteiger charge is -2.26. The summed E-state index contributed by atoms with van der Waals surface area (Å²) in [6, 6.07) is 7.38. The van der Waals surface area contributed by atoms with E-state index in [0.717, 1.165) is 37.1 Å². The number of carbonyl (C=O) groups is 1. The van der Waals surface area contributed by atoms with Gasteiger partial charge < -0.3 is 16.0 Å². The summed E-state index contributed by atoms with van der Waals surface area (Å²) in [6.45, 7) is 4.79. The Balaban J connectivity index is 2.58. The third-order valence-electron chi connectivity index (χ3n) is 3.60. The molecule has 0 saturated carbocycles. The number of unbranched alkanes of at least 4 members (excludes halogenated alkanes) is 2. The van der Waals surface area contributed by atoms with Gasteiger partial charge in [0.05, 0.1) is 0 Å². The minimum Gasteiger partial charge on any atom is -0.389 e. The maximum absolute atomic E-state index is 12.1. The molecule has 116 valence electrons. The van der Waals surface area contributed by atoms with Crippen LogP contribution in [0.2, 0.25) is 0 Å². The quantitative estimate of drug-likeness (QED) is 0.572. The first-order valence-electron chi connectivity index (χ1n) is 7.37. The number of nitrogens with one attached hydrogen (secondary N) is 1. The Labute approximate surface area is 132 Å². The lowest BCUT2D eigenvalue weighted by Crippen LogP contribution is -2.43. The molecule has 1 aromatic carbocycles. The van der Waals surface area contributed by atoms with Crippen LogP contribution in [0.4, 0.5) is 5.69 Å². The number of hydrogen-bond acceptors (Lipinski definition) is 3. The summed E-state index contributed by atoms with van der Waals surface area (Å²) in [5.41, 5.74) is 7.38. The van der Waals surface area contributed by atoms with Crippen molar-refractivity contribution in [2.45, 2.75) is 39.2 Å². The van der Waals surface area contributed by atoms with Crippen molar-refractivity contribution in [1.29, 1.82) is 0 Å². The molecular weight excluding hydrogens is 282 g/mol. The van der Waals surface area contributed by atoms with Crippen LogP contribution in [-0.4, -0.2) is 30.5 Å². The number of carbonyl (C=O) groups excluding carboxylic acids is 1. The Bertz CT molecular complexity index is 473. The van der Waals surface area contributed by atoms with Gasteiger partial charge in [0.1, 0.15) is 11.0 Å². The van der Waals surface area contributed by atoms with E-state index < -0.39 is 0 Å². The van der Waals surface area contributed by atoms with Crippen molar-refractivity contribution < 1.29 is 4.79 Å². The fourth-order valence-corrected chi connectivity index (χ4v) is 2.13. The first-order valence-corrected chi connectivity index (χ1v) is 7.78. The molecule has 4 nitrogen and oxygen atoms in total. The second-order valence-corrected chi connectivity index (χ2v) is 5.64. The molecule has 0 heterocycles. The van der Waals surface area contributed by atoms with E-state index in [9.17, 15) is 4.79 Å². The molecule has 0 radical (unpaired) electrons. The molecule has 1 unspecified atom stereocenters. The summed E-state index contributed by atoms with van der Waals surface area (Å²) < 4.78 is 0. The SMILES string of the molecule is CCCCCNC(=O)C(C)N(C)c1ccc(C(N)=S)cc1. The lowest BCUT2D eigenvalue weighted by atomic mass is 10.1. The van der Waals surface area contributed by atoms with Crippen molar-refractivity contribution in [3.63, 3.8) is 0 Å². The fraction of sp³-hybridized carbons (Fsp3) is 0.500. The number of likely N-dealkylation sites (N-methyl/N-ethyl adjacent to an activating group) is 1. The Morgan fingerprint density at radius 2 is 1.95 bits per heavy atom. The molecule has 1 atom stereocenters. The van der Waals surface area contributed by atoms with Crippen LogP contribution in [0.1, 0.15) is 38.7 Å². The third-order valence-corrected chi connectivity index (χ3v) is 3.83. The number of benzene rings is 1. The van der Waals surface area contributed by atoms with Crippen LogP contribution in [0.25, 0.3) is 0 Å². The molecule has 1 rings (SSSR count). The monoisotopic (exact) mass is 307 g/mol. The van der Waals surface area contributed by atoms with Gasteiger partial charge >= 0.3 is 0 Å². The summed E-state index contributed by atoms with van der Waals surface area (Å²) in [4.78, 5) is 14.4. The van der Waals surface area contributed by atoms with E-state index in [0.29, 0.717) is 4.99 Å². The lowest BCUT2D eigenvalue weighted by molar-refractivity contribution is -0.122. The van der Waals surface area contributed by atoms with Crippen LogP contribution in [0.3, 0.4) is 0 Å². The van der Waals surface area contributed by atoms with Gasteiger partial charge in [0.15, 0.2) is 0 Å². The molecule has 0 aliphatic heterocycles. The third kappa shape index (κ3) is 5.34. The van der Waals surface area contributed by atoms with Gasteiger partial charge in [0.25, 0.3) is 0 Å². The minimum absolute atomic E-state index is 0.0482. The van der Waals surface area contributed by atoms with Crippen LogP contribution < -0.4 is 16.0 Å². The highest BCUT2D eigenvalue weighted by Gasteiger charge is 2.17. The number of nitrogens with zero attached hydrogens (tertiary/aromatic N) is 1. The van der Waals surface area contributed by atoms with Crippen LogP contribution in [0.5, 0.6) is 0 Å². The highest BCUT2D eigenvalue weighted by Crippen LogP contribution is 2.16. The van der Waals surface area contributed by atoms with Crippen LogP contribution in [0.15, 0.2) is 24.3 Å². The van der Waals surface area contributed by atoms with Gasteiger partial charge in [-0.25, -0.2) is 0 Å². The predicted molar refractivity (Wildman–Crippen MR) is 92.7 cm³/mol. The van der Waals surface area contributed by atoms with Crippen LogP contribution in [-0.2, 0) is 4.79 Å². The number of anilines is 1. The summed E-state index contributed by atoms with van der Waals surface area (Å²) in [7, 11) is 1.91. The van der Waals surface area contributed by atoms with E-state index in [1.54, 1.807) is 0 Å². The molecule has 3 N–H and O–H groups in total. The van der Waals surface area contributed by atoms with E-state index in [1.807, 2.05) is 43.1 Å². The van der Waals surface area contributed by atoms with Gasteiger partial charge in [-0.3, -0.25) is 4.79 Å². The number of rotatable bonds is 8. The van der Waals surface area contributed by atoms with Crippen molar-refractivity contribution in [2.75, 3.05) is 18.5 Å². The zero-order valence-corrected chi connectivity index (χ0v) is 13.9. The highest BCUT2D eigenvalue weighted by molar-refractivity contribution is 7.80. The van der Waals surface area contributed by atoms with E-state index in [2.05, 4.69) is 12.2 Å². The smallest absolute Gasteiger partial charge is 0.242 e. The van der Waals surface area contributed by atoms with E-state index >= 15 is 0 Å². The van der Waals surface area contributed by atoms with Gasteiger partial charge in [0, 0.05) is 24.8 Å². The normalized spacial score (nSPS) is 11.8. The van der Waals surface area contributed by atoms with Crippen LogP contribution >= 0.6 is 12.2 Å². The van der Waals surface area contributed by atoms with E-state index in [1.165, 1.54) is 0 Å². The molecule has 21 heavy (non-hydrogen) atoms. The van der Waals surface area contributed by atoms with Gasteiger partial charge in [-0.05, 0) is 37.6 Å². The Morgan fingerprint density at radius 1 is 1.33 bits per heavy atom. The standard InChI is InChI=1S/C16H25N3OS/c1-4-5-6-11-18-16(20)12(2)19(3)14-9-7-13(8-10-14)15(17)21/h7-10,12H,4-6,11H2,1-3H3,(H2,17,21)(H,18,20). The van der Waals surface area contributed by atoms with E-state index in [4.69, 9.17) is 18.0 Å². The average Bonchev–Trinajstić information content (AvgIpc) is 2.50. The second kappa shape index (κ2) is 8.62. The molecule has 0 aliphatic rings. The largest absolute Gasteiger partial charge is 0.389 e. The van der Waals surface area contributed by atoms with Gasteiger partial charge in [-0.2, -0.15) is 0 Å². The molecule has 0 fully saturated rings. The predicted octanol–water partition coefficient (Wildman–Crippen LogP) is 2.45. The number of amides is 1. The Kier molecular flexibility index (Phi) is 7.15. The molecule has 0 bridgehead atoms. The van der Waals surface area contributed by atoms with Crippen molar-refractivity contribution in [3.05, 3.63) is 29.8 Å². The van der Waals surface area contributed by atoms with Crippen molar-refractivity contribution in [1.82, 2.24) is 5.32 Å². The molecule has 1 amide bonds. The molecule has 0 aromatic heterocycles. The molecule has 5 heteroatoms. The topological polar surface area (TPSA) is 58.4 Å². The zero-order valence-electron chi connectivity index (χ0n) is 13.1. The Morgan fingerprint density at radius 3 is 2.48 bits per heavy atom. The first-order chi connectivity index (χ1) is 9.97. The maximum atomic E-state index is 12.1. The van der Waals surface area contributed by atoms with Crippen LogP contribution in [0, 0.1) is 0 Å². The van der Waals surface area contributed by atoms with Crippen molar-refractivity contribution in [2.24, 2.45) is 5.73 Å². The van der Waals surface area contributed by atoms with Gasteiger partial charge in [-0.15, -0.1) is 0 Å². The molecule has 0 aliphatic carbocycles. The number of thiocarbonyl (C=S) groups is 1. The van der Waals surface area contributed by atoms with Crippen molar-refractivity contribution in [3.8, 4) is 0 Å². The maximum Gasteiger partial charge on any atom is 0.242 e. The summed E-state index contributed by atoms with van der Waals surface area (Å²) in [5, 5.41) is 2.98. The summed E-state index contributed by atoms with van der Waals surface area (Å²) >= 11 is 4.93. The number of hydrogen-bond donors (Lipinski definition) is 2. The highest BCUT2D eigenvalue weighted by atomic mass is 32.1. The van der Waals surface area contributed by atoms with E-state index in [-0.39, 0.29) is 11.9 Å². The molecule has 0 spiro atoms. The first kappa shape index (κ1) is 17.4. The summed E-state index contributed by atoms with van der Waals surface area (Å²) in [6.07, 6.45) is 3.33. The number of nitrogens with two attached hydrogens (primary N) is 1. The zero-order chi connectivity index (χ0) is 15.8. The molecule has 0 saturated heterocycles. The average molecular weight is 307 g/mol.